The number of rotatable bonds is 6. The molecule has 24 heavy (non-hydrogen) atoms. The molecular formula is C18H29ClN2O3. The maximum absolute atomic E-state index is 12.7. The van der Waals surface area contributed by atoms with Crippen LogP contribution in [0.1, 0.15) is 44.0 Å². The monoisotopic (exact) mass is 356 g/mol. The average Bonchev–Trinajstić information content (AvgIpc) is 2.56. The Labute approximate surface area is 150 Å². The molecule has 0 aliphatic carbocycles. The maximum atomic E-state index is 12.7. The van der Waals surface area contributed by atoms with Crippen LogP contribution in [-0.4, -0.2) is 43.2 Å². The van der Waals surface area contributed by atoms with Gasteiger partial charge in [0.05, 0.1) is 13.2 Å². The number of halogens is 1. The fraction of sp³-hybridized carbons (Fsp3) is 0.611. The van der Waals surface area contributed by atoms with Gasteiger partial charge in [0.1, 0.15) is 0 Å². The largest absolute Gasteiger partial charge is 0.490 e. The molecule has 0 bridgehead atoms. The summed E-state index contributed by atoms with van der Waals surface area (Å²) in [6.45, 7) is 8.53. The molecule has 1 saturated heterocycles. The van der Waals surface area contributed by atoms with Gasteiger partial charge in [0.15, 0.2) is 11.5 Å². The molecule has 1 aliphatic rings. The second kappa shape index (κ2) is 9.74. The van der Waals surface area contributed by atoms with Crippen molar-refractivity contribution in [3.05, 3.63) is 23.8 Å². The Bertz CT molecular complexity index is 529. The number of hydrogen-bond donors (Lipinski definition) is 1. The standard InChI is InChI=1S/C18H28N2O3.ClH/c1-4-22-16-7-6-15(12-17(16)23-5-2)18(21)20-10-8-14(9-11-20)13(3)19;/h6-7,12-14H,4-5,8-11,19H2,1-3H3;1H. The number of nitrogens with zero attached hydrogens (tertiary/aromatic N) is 1. The summed E-state index contributed by atoms with van der Waals surface area (Å²) in [5.74, 6) is 1.88. The van der Waals surface area contributed by atoms with Crippen molar-refractivity contribution < 1.29 is 14.3 Å². The lowest BCUT2D eigenvalue weighted by Crippen LogP contribution is -2.42. The first kappa shape index (κ1) is 20.6. The van der Waals surface area contributed by atoms with E-state index in [4.69, 9.17) is 15.2 Å². The third-order valence-corrected chi connectivity index (χ3v) is 4.36. The van der Waals surface area contributed by atoms with Gasteiger partial charge in [-0.25, -0.2) is 0 Å². The van der Waals surface area contributed by atoms with E-state index in [2.05, 4.69) is 0 Å². The fourth-order valence-corrected chi connectivity index (χ4v) is 3.00. The molecule has 1 aliphatic heterocycles. The van der Waals surface area contributed by atoms with Crippen LogP contribution in [0.2, 0.25) is 0 Å². The smallest absolute Gasteiger partial charge is 0.253 e. The second-order valence-corrected chi connectivity index (χ2v) is 6.02. The molecule has 6 heteroatoms. The second-order valence-electron chi connectivity index (χ2n) is 6.02. The van der Waals surface area contributed by atoms with Gasteiger partial charge < -0.3 is 20.1 Å². The molecule has 136 valence electrons. The number of piperidine rings is 1. The zero-order chi connectivity index (χ0) is 16.8. The minimum Gasteiger partial charge on any atom is -0.490 e. The van der Waals surface area contributed by atoms with Crippen molar-refractivity contribution in [3.8, 4) is 11.5 Å². The summed E-state index contributed by atoms with van der Waals surface area (Å²) in [5.41, 5.74) is 6.61. The molecule has 1 amide bonds. The van der Waals surface area contributed by atoms with Crippen LogP contribution in [0, 0.1) is 5.92 Å². The number of carbonyl (C=O) groups is 1. The van der Waals surface area contributed by atoms with Crippen molar-refractivity contribution in [2.75, 3.05) is 26.3 Å². The van der Waals surface area contributed by atoms with Crippen molar-refractivity contribution in [1.29, 1.82) is 0 Å². The summed E-state index contributed by atoms with van der Waals surface area (Å²) in [4.78, 5) is 14.6. The third-order valence-electron chi connectivity index (χ3n) is 4.36. The van der Waals surface area contributed by atoms with Gasteiger partial charge in [-0.05, 0) is 57.7 Å². The molecule has 1 aromatic rings. The van der Waals surface area contributed by atoms with Crippen molar-refractivity contribution in [1.82, 2.24) is 4.90 Å². The first-order chi connectivity index (χ1) is 11.1. The van der Waals surface area contributed by atoms with Gasteiger partial charge in [0, 0.05) is 24.7 Å². The van der Waals surface area contributed by atoms with Crippen LogP contribution in [0.25, 0.3) is 0 Å². The zero-order valence-electron chi connectivity index (χ0n) is 14.8. The Morgan fingerprint density at radius 3 is 2.33 bits per heavy atom. The van der Waals surface area contributed by atoms with Crippen LogP contribution in [0.4, 0.5) is 0 Å². The minimum atomic E-state index is 0. The number of likely N-dealkylation sites (tertiary alicyclic amines) is 1. The van der Waals surface area contributed by atoms with E-state index in [0.29, 0.717) is 36.2 Å². The molecule has 0 radical (unpaired) electrons. The number of hydrogen-bond acceptors (Lipinski definition) is 4. The van der Waals surface area contributed by atoms with Crippen LogP contribution >= 0.6 is 12.4 Å². The lowest BCUT2D eigenvalue weighted by atomic mass is 9.90. The molecular weight excluding hydrogens is 328 g/mol. The highest BCUT2D eigenvalue weighted by Crippen LogP contribution is 2.30. The number of ether oxygens (including phenoxy) is 2. The van der Waals surface area contributed by atoms with Gasteiger partial charge in [-0.2, -0.15) is 0 Å². The molecule has 0 spiro atoms. The van der Waals surface area contributed by atoms with Crippen LogP contribution in [-0.2, 0) is 0 Å². The summed E-state index contributed by atoms with van der Waals surface area (Å²) in [6.07, 6.45) is 1.94. The van der Waals surface area contributed by atoms with Crippen LogP contribution in [0.15, 0.2) is 18.2 Å². The highest BCUT2D eigenvalue weighted by molar-refractivity contribution is 5.95. The van der Waals surface area contributed by atoms with Gasteiger partial charge >= 0.3 is 0 Å². The zero-order valence-corrected chi connectivity index (χ0v) is 15.6. The highest BCUT2D eigenvalue weighted by atomic mass is 35.5. The Morgan fingerprint density at radius 1 is 1.21 bits per heavy atom. The molecule has 2 N–H and O–H groups in total. The Hall–Kier alpha value is -1.46. The molecule has 2 rings (SSSR count). The summed E-state index contributed by atoms with van der Waals surface area (Å²) >= 11 is 0. The Kier molecular flexibility index (Phi) is 8.36. The summed E-state index contributed by atoms with van der Waals surface area (Å²) < 4.78 is 11.2. The molecule has 1 fully saturated rings. The number of amides is 1. The summed E-state index contributed by atoms with van der Waals surface area (Å²) in [7, 11) is 0. The van der Waals surface area contributed by atoms with Gasteiger partial charge in [0.2, 0.25) is 0 Å². The summed E-state index contributed by atoms with van der Waals surface area (Å²) in [5, 5.41) is 0. The molecule has 0 aromatic heterocycles. The lowest BCUT2D eigenvalue weighted by molar-refractivity contribution is 0.0680. The highest BCUT2D eigenvalue weighted by Gasteiger charge is 2.26. The van der Waals surface area contributed by atoms with E-state index in [-0.39, 0.29) is 24.4 Å². The van der Waals surface area contributed by atoms with Gasteiger partial charge in [0.25, 0.3) is 5.91 Å². The van der Waals surface area contributed by atoms with E-state index < -0.39 is 0 Å². The summed E-state index contributed by atoms with van der Waals surface area (Å²) in [6, 6.07) is 5.61. The normalized spacial score (nSPS) is 16.2. The Morgan fingerprint density at radius 2 is 1.79 bits per heavy atom. The molecule has 1 aromatic carbocycles. The third kappa shape index (κ3) is 5.02. The Balaban J connectivity index is 0.00000288. The van der Waals surface area contributed by atoms with E-state index in [1.54, 1.807) is 6.07 Å². The molecule has 1 atom stereocenters. The predicted octanol–water partition coefficient (Wildman–Crippen LogP) is 3.11. The van der Waals surface area contributed by atoms with Crippen LogP contribution in [0.3, 0.4) is 0 Å². The van der Waals surface area contributed by atoms with E-state index in [1.165, 1.54) is 0 Å². The molecule has 1 heterocycles. The minimum absolute atomic E-state index is 0. The van der Waals surface area contributed by atoms with E-state index in [1.807, 2.05) is 37.8 Å². The van der Waals surface area contributed by atoms with Crippen molar-refractivity contribution in [3.63, 3.8) is 0 Å². The van der Waals surface area contributed by atoms with Crippen LogP contribution < -0.4 is 15.2 Å². The average molecular weight is 357 g/mol. The van der Waals surface area contributed by atoms with Crippen molar-refractivity contribution in [2.45, 2.75) is 39.7 Å². The van der Waals surface area contributed by atoms with Crippen LogP contribution in [0.5, 0.6) is 11.5 Å². The lowest BCUT2D eigenvalue weighted by Gasteiger charge is -2.33. The van der Waals surface area contributed by atoms with Crippen molar-refractivity contribution >= 4 is 18.3 Å². The van der Waals surface area contributed by atoms with Gasteiger partial charge in [-0.3, -0.25) is 4.79 Å². The number of carbonyl (C=O) groups excluding carboxylic acids is 1. The molecule has 5 nitrogen and oxygen atoms in total. The van der Waals surface area contributed by atoms with Gasteiger partial charge in [-0.15, -0.1) is 12.4 Å². The quantitative estimate of drug-likeness (QED) is 0.850. The van der Waals surface area contributed by atoms with E-state index in [9.17, 15) is 4.79 Å². The number of nitrogens with two attached hydrogens (primary N) is 1. The number of benzene rings is 1. The van der Waals surface area contributed by atoms with E-state index in [0.717, 1.165) is 25.9 Å². The van der Waals surface area contributed by atoms with Gasteiger partial charge in [-0.1, -0.05) is 0 Å². The van der Waals surface area contributed by atoms with Crippen molar-refractivity contribution in [2.24, 2.45) is 11.7 Å². The fourth-order valence-electron chi connectivity index (χ4n) is 3.00. The predicted molar refractivity (Wildman–Crippen MR) is 98.3 cm³/mol. The van der Waals surface area contributed by atoms with E-state index >= 15 is 0 Å². The topological polar surface area (TPSA) is 64.8 Å². The first-order valence-corrected chi connectivity index (χ1v) is 8.51. The molecule has 0 saturated carbocycles. The first-order valence-electron chi connectivity index (χ1n) is 8.51. The maximum Gasteiger partial charge on any atom is 0.253 e. The SMILES string of the molecule is CCOc1ccc(C(=O)N2CCC(C(C)N)CC2)cc1OCC.Cl. The molecule has 1 unspecified atom stereocenters.